The second kappa shape index (κ2) is 39.3. The Balaban J connectivity index is 4.46. The Kier molecular flexibility index (Phi) is 36.9. The standard InChI is InChI=1S/C49H81NO7/c1-6-8-10-12-14-16-18-20-22-23-24-25-26-28-29-31-33-35-37-39-47(51)56-44-45(43-55-42-41-46(49(53)54)50(3,4)5)57-48(52)40-38-36-34-32-30-27-21-19-17-15-13-11-9-7-2/h8,10,12,14,16,18,20,22-26,28-29,45-46H,6-7,9,11,13,15,17,19,21,27,30-44H2,1-5H3/b10-8+,14-12+,18-16+,22-20+,24-23+,26-25+,29-28+. The third-order valence-corrected chi connectivity index (χ3v) is 9.49. The smallest absolute Gasteiger partial charge is 0.306 e. The molecule has 57 heavy (non-hydrogen) atoms. The summed E-state index contributed by atoms with van der Waals surface area (Å²) in [5.74, 6) is -1.80. The molecule has 324 valence electrons. The molecule has 8 nitrogen and oxygen atoms in total. The molecule has 0 saturated carbocycles. The van der Waals surface area contributed by atoms with Crippen molar-refractivity contribution in [2.75, 3.05) is 41.0 Å². The van der Waals surface area contributed by atoms with Crippen LogP contribution in [-0.4, -0.2) is 75.5 Å². The van der Waals surface area contributed by atoms with Gasteiger partial charge in [-0.1, -0.05) is 189 Å². The number of carboxylic acid groups (broad SMARTS) is 1. The first-order valence-corrected chi connectivity index (χ1v) is 22.2. The number of nitrogens with zero attached hydrogens (tertiary/aromatic N) is 1. The summed E-state index contributed by atoms with van der Waals surface area (Å²) in [6.45, 7) is 4.45. The van der Waals surface area contributed by atoms with Crippen molar-refractivity contribution in [3.8, 4) is 0 Å². The Morgan fingerprint density at radius 2 is 0.982 bits per heavy atom. The number of ether oxygens (including phenoxy) is 3. The molecule has 0 aromatic heterocycles. The van der Waals surface area contributed by atoms with Crippen LogP contribution in [-0.2, 0) is 28.6 Å². The van der Waals surface area contributed by atoms with Gasteiger partial charge >= 0.3 is 11.9 Å². The van der Waals surface area contributed by atoms with E-state index < -0.39 is 18.1 Å². The first-order valence-electron chi connectivity index (χ1n) is 22.2. The van der Waals surface area contributed by atoms with Gasteiger partial charge in [0.1, 0.15) is 12.6 Å². The number of unbranched alkanes of at least 4 members (excludes halogenated alkanes) is 16. The zero-order valence-electron chi connectivity index (χ0n) is 36.7. The molecule has 0 bridgehead atoms. The molecule has 0 spiro atoms. The van der Waals surface area contributed by atoms with Gasteiger partial charge in [-0.25, -0.2) is 0 Å². The van der Waals surface area contributed by atoms with E-state index in [2.05, 4.69) is 26.0 Å². The molecular weight excluding hydrogens is 715 g/mol. The third kappa shape index (κ3) is 37.8. The lowest BCUT2D eigenvalue weighted by Crippen LogP contribution is -2.55. The number of esters is 2. The quantitative estimate of drug-likeness (QED) is 0.0265. The lowest BCUT2D eigenvalue weighted by atomic mass is 10.0. The van der Waals surface area contributed by atoms with E-state index in [0.29, 0.717) is 19.3 Å². The summed E-state index contributed by atoms with van der Waals surface area (Å²) in [5, 5.41) is 11.6. The number of quaternary nitrogens is 1. The zero-order valence-corrected chi connectivity index (χ0v) is 36.7. The molecule has 0 aromatic rings. The van der Waals surface area contributed by atoms with Crippen LogP contribution >= 0.6 is 0 Å². The highest BCUT2D eigenvalue weighted by molar-refractivity contribution is 5.70. The minimum Gasteiger partial charge on any atom is -0.544 e. The van der Waals surface area contributed by atoms with E-state index in [1.54, 1.807) is 21.1 Å². The molecule has 0 N–H and O–H groups in total. The maximum Gasteiger partial charge on any atom is 0.306 e. The van der Waals surface area contributed by atoms with E-state index in [1.165, 1.54) is 70.6 Å². The van der Waals surface area contributed by atoms with Gasteiger partial charge in [0.05, 0.1) is 40.3 Å². The van der Waals surface area contributed by atoms with Crippen molar-refractivity contribution in [2.45, 2.75) is 167 Å². The maximum absolute atomic E-state index is 12.7. The zero-order chi connectivity index (χ0) is 42.1. The first-order chi connectivity index (χ1) is 27.6. The van der Waals surface area contributed by atoms with Crippen LogP contribution in [0.4, 0.5) is 0 Å². The van der Waals surface area contributed by atoms with Gasteiger partial charge in [-0.15, -0.1) is 0 Å². The molecule has 0 amide bonds. The summed E-state index contributed by atoms with van der Waals surface area (Å²) in [6.07, 6.45) is 50.3. The molecule has 8 heteroatoms. The molecule has 0 aliphatic rings. The Morgan fingerprint density at radius 3 is 1.46 bits per heavy atom. The van der Waals surface area contributed by atoms with E-state index in [9.17, 15) is 19.5 Å². The monoisotopic (exact) mass is 796 g/mol. The van der Waals surface area contributed by atoms with Crippen LogP contribution in [0.3, 0.4) is 0 Å². The van der Waals surface area contributed by atoms with E-state index in [4.69, 9.17) is 14.2 Å². The van der Waals surface area contributed by atoms with Gasteiger partial charge < -0.3 is 28.6 Å². The van der Waals surface area contributed by atoms with Crippen molar-refractivity contribution >= 4 is 17.9 Å². The topological polar surface area (TPSA) is 102 Å². The largest absolute Gasteiger partial charge is 0.544 e. The number of rotatable bonds is 38. The highest BCUT2D eigenvalue weighted by Gasteiger charge is 2.25. The fourth-order valence-corrected chi connectivity index (χ4v) is 6.05. The van der Waals surface area contributed by atoms with Gasteiger partial charge in [0, 0.05) is 19.3 Å². The van der Waals surface area contributed by atoms with Gasteiger partial charge in [0.2, 0.25) is 0 Å². The molecule has 2 atom stereocenters. The van der Waals surface area contributed by atoms with Crippen LogP contribution in [0.2, 0.25) is 0 Å². The van der Waals surface area contributed by atoms with Gasteiger partial charge in [0.25, 0.3) is 0 Å². The molecule has 0 aliphatic heterocycles. The number of allylic oxidation sites excluding steroid dienone is 14. The molecule has 0 aliphatic carbocycles. The number of carboxylic acids is 1. The van der Waals surface area contributed by atoms with Gasteiger partial charge in [-0.3, -0.25) is 9.59 Å². The lowest BCUT2D eigenvalue weighted by Gasteiger charge is -2.34. The van der Waals surface area contributed by atoms with Crippen molar-refractivity contribution in [1.82, 2.24) is 0 Å². The number of hydrogen-bond donors (Lipinski definition) is 0. The average Bonchev–Trinajstić information content (AvgIpc) is 3.17. The molecule has 0 saturated heterocycles. The van der Waals surface area contributed by atoms with Gasteiger partial charge in [0.15, 0.2) is 6.10 Å². The summed E-state index contributed by atoms with van der Waals surface area (Å²) < 4.78 is 17.1. The second-order valence-electron chi connectivity index (χ2n) is 15.7. The molecule has 0 aromatic carbocycles. The van der Waals surface area contributed by atoms with Crippen molar-refractivity contribution < 1.29 is 38.2 Å². The van der Waals surface area contributed by atoms with Crippen LogP contribution in [0, 0.1) is 0 Å². The predicted octanol–water partition coefficient (Wildman–Crippen LogP) is 10.8. The van der Waals surface area contributed by atoms with Crippen LogP contribution < -0.4 is 5.11 Å². The molecule has 0 heterocycles. The van der Waals surface area contributed by atoms with E-state index >= 15 is 0 Å². The molecular formula is C49H81NO7. The number of carbonyl (C=O) groups is 3. The Bertz CT molecular complexity index is 1200. The van der Waals surface area contributed by atoms with Crippen molar-refractivity contribution in [2.24, 2.45) is 0 Å². The molecule has 0 radical (unpaired) electrons. The predicted molar refractivity (Wildman–Crippen MR) is 235 cm³/mol. The van der Waals surface area contributed by atoms with Gasteiger partial charge in [-0.2, -0.15) is 0 Å². The van der Waals surface area contributed by atoms with Crippen LogP contribution in [0.15, 0.2) is 85.1 Å². The Morgan fingerprint density at radius 1 is 0.544 bits per heavy atom. The molecule has 0 fully saturated rings. The number of likely N-dealkylation sites (N-methyl/N-ethyl adjacent to an activating group) is 1. The van der Waals surface area contributed by atoms with E-state index in [-0.39, 0.29) is 42.7 Å². The van der Waals surface area contributed by atoms with E-state index in [1.807, 2.05) is 72.9 Å². The SMILES string of the molecule is CC/C=C/C=C/C=C/C=C/C=C/C=C/C=C/CCCCCC(=O)OCC(COCCC(C(=O)[O-])[N+](C)(C)C)OC(=O)CCCCCCCCCCCCCCCC. The fourth-order valence-electron chi connectivity index (χ4n) is 6.05. The second-order valence-corrected chi connectivity index (χ2v) is 15.7. The third-order valence-electron chi connectivity index (χ3n) is 9.49. The minimum absolute atomic E-state index is 0.0224. The molecule has 2 unspecified atom stereocenters. The summed E-state index contributed by atoms with van der Waals surface area (Å²) in [4.78, 5) is 36.9. The minimum atomic E-state index is -1.13. The Labute approximate surface area is 348 Å². The lowest BCUT2D eigenvalue weighted by molar-refractivity contribution is -0.889. The Hall–Kier alpha value is -3.49. The highest BCUT2D eigenvalue weighted by Crippen LogP contribution is 2.14. The van der Waals surface area contributed by atoms with Crippen molar-refractivity contribution in [1.29, 1.82) is 0 Å². The van der Waals surface area contributed by atoms with Gasteiger partial charge in [-0.05, 0) is 32.1 Å². The highest BCUT2D eigenvalue weighted by atomic mass is 16.6. The summed E-state index contributed by atoms with van der Waals surface area (Å²) >= 11 is 0. The maximum atomic E-state index is 12.7. The first kappa shape index (κ1) is 53.5. The summed E-state index contributed by atoms with van der Waals surface area (Å²) in [6, 6.07) is -0.736. The normalized spacial score (nSPS) is 13.8. The number of hydrogen-bond acceptors (Lipinski definition) is 7. The number of aliphatic carboxylic acids is 1. The number of carbonyl (C=O) groups excluding carboxylic acids is 3. The summed E-state index contributed by atoms with van der Waals surface area (Å²) in [5.41, 5.74) is 0. The van der Waals surface area contributed by atoms with Crippen molar-refractivity contribution in [3.63, 3.8) is 0 Å². The van der Waals surface area contributed by atoms with Crippen molar-refractivity contribution in [3.05, 3.63) is 85.1 Å². The summed E-state index contributed by atoms with van der Waals surface area (Å²) in [7, 11) is 5.38. The van der Waals surface area contributed by atoms with Crippen LogP contribution in [0.25, 0.3) is 0 Å². The average molecular weight is 796 g/mol. The molecule has 0 rings (SSSR count). The van der Waals surface area contributed by atoms with E-state index in [0.717, 1.165) is 44.9 Å². The van der Waals surface area contributed by atoms with Crippen LogP contribution in [0.1, 0.15) is 155 Å². The fraction of sp³-hybridized carbons (Fsp3) is 0.653. The van der Waals surface area contributed by atoms with Crippen LogP contribution in [0.5, 0.6) is 0 Å².